The van der Waals surface area contributed by atoms with Crippen molar-refractivity contribution >= 4 is 5.91 Å². The van der Waals surface area contributed by atoms with E-state index in [4.69, 9.17) is 9.47 Å². The van der Waals surface area contributed by atoms with Crippen molar-refractivity contribution in [1.82, 2.24) is 14.8 Å². The number of ether oxygens (including phenoxy) is 2. The van der Waals surface area contributed by atoms with Gasteiger partial charge in [0.1, 0.15) is 12.4 Å². The molecule has 0 aliphatic carbocycles. The molecule has 128 valence electrons. The highest BCUT2D eigenvalue weighted by atomic mass is 19.1. The summed E-state index contributed by atoms with van der Waals surface area (Å²) in [5.74, 6) is -0.601. The second-order valence-corrected chi connectivity index (χ2v) is 5.15. The van der Waals surface area contributed by atoms with Crippen LogP contribution in [0.25, 0.3) is 11.4 Å². The first-order valence-corrected chi connectivity index (χ1v) is 7.63. The van der Waals surface area contributed by atoms with Gasteiger partial charge in [-0.2, -0.15) is 9.67 Å². The van der Waals surface area contributed by atoms with Crippen LogP contribution in [0.2, 0.25) is 0 Å². The molecule has 0 bridgehead atoms. The van der Waals surface area contributed by atoms with E-state index < -0.39 is 5.82 Å². The Morgan fingerprint density at radius 3 is 2.64 bits per heavy atom. The Morgan fingerprint density at radius 1 is 1.12 bits per heavy atom. The summed E-state index contributed by atoms with van der Waals surface area (Å²) >= 11 is 0. The van der Waals surface area contributed by atoms with Crippen molar-refractivity contribution in [2.24, 2.45) is 0 Å². The average Bonchev–Trinajstić information content (AvgIpc) is 3.06. The zero-order valence-corrected chi connectivity index (χ0v) is 13.6. The van der Waals surface area contributed by atoms with Crippen molar-refractivity contribution in [3.8, 4) is 17.4 Å². The first-order chi connectivity index (χ1) is 12.2. The molecule has 0 spiro atoms. The second kappa shape index (κ2) is 7.67. The molecule has 0 radical (unpaired) electrons. The van der Waals surface area contributed by atoms with Gasteiger partial charge >= 0.3 is 6.01 Å². The lowest BCUT2D eigenvalue weighted by Crippen LogP contribution is -2.15. The Bertz CT molecular complexity index is 865. The van der Waals surface area contributed by atoms with Crippen LogP contribution in [0.15, 0.2) is 54.6 Å². The van der Waals surface area contributed by atoms with E-state index in [0.29, 0.717) is 17.7 Å². The largest absolute Gasteiger partial charge is 0.460 e. The second-order valence-electron chi connectivity index (χ2n) is 5.15. The maximum atomic E-state index is 13.6. The van der Waals surface area contributed by atoms with E-state index in [1.807, 2.05) is 6.07 Å². The minimum atomic E-state index is -0.430. The first kappa shape index (κ1) is 16.8. The summed E-state index contributed by atoms with van der Waals surface area (Å²) in [6, 6.07) is 14.5. The molecule has 0 aliphatic rings. The lowest BCUT2D eigenvalue weighted by atomic mass is 10.2. The fraction of sp³-hybridized carbons (Fsp3) is 0.167. The molecule has 0 N–H and O–H groups in total. The van der Waals surface area contributed by atoms with E-state index in [1.165, 1.54) is 12.1 Å². The molecule has 0 atom stereocenters. The number of hydrogen-bond acceptors (Lipinski definition) is 5. The van der Waals surface area contributed by atoms with Crippen LogP contribution in [0.3, 0.4) is 0 Å². The van der Waals surface area contributed by atoms with Gasteiger partial charge in [-0.05, 0) is 24.3 Å². The SMILES string of the molecule is COCCOc1nc(-c2cccc(F)c2)n(C(=O)c2ccccc2)n1. The van der Waals surface area contributed by atoms with Crippen LogP contribution in [-0.4, -0.2) is 41.0 Å². The van der Waals surface area contributed by atoms with Gasteiger partial charge in [0.05, 0.1) is 6.61 Å². The maximum absolute atomic E-state index is 13.6. The zero-order chi connectivity index (χ0) is 17.6. The van der Waals surface area contributed by atoms with Crippen molar-refractivity contribution < 1.29 is 18.7 Å². The van der Waals surface area contributed by atoms with Crippen molar-refractivity contribution in [2.45, 2.75) is 0 Å². The molecule has 0 unspecified atom stereocenters. The first-order valence-electron chi connectivity index (χ1n) is 7.63. The summed E-state index contributed by atoms with van der Waals surface area (Å²) in [6.45, 7) is 0.596. The number of carbonyl (C=O) groups excluding carboxylic acids is 1. The number of hydrogen-bond donors (Lipinski definition) is 0. The monoisotopic (exact) mass is 341 g/mol. The van der Waals surface area contributed by atoms with E-state index in [-0.39, 0.29) is 24.3 Å². The van der Waals surface area contributed by atoms with Crippen LogP contribution in [0.4, 0.5) is 4.39 Å². The normalized spacial score (nSPS) is 10.6. The minimum absolute atomic E-state index is 0.0283. The van der Waals surface area contributed by atoms with Gasteiger partial charge < -0.3 is 9.47 Å². The molecule has 1 heterocycles. The molecule has 7 heteroatoms. The van der Waals surface area contributed by atoms with E-state index in [1.54, 1.807) is 43.5 Å². The van der Waals surface area contributed by atoms with Crippen molar-refractivity contribution in [2.75, 3.05) is 20.3 Å². The minimum Gasteiger partial charge on any atom is -0.460 e. The zero-order valence-electron chi connectivity index (χ0n) is 13.6. The topological polar surface area (TPSA) is 66.2 Å². The molecule has 2 aromatic carbocycles. The third-order valence-corrected chi connectivity index (χ3v) is 3.40. The molecule has 1 aromatic heterocycles. The maximum Gasteiger partial charge on any atom is 0.336 e. The van der Waals surface area contributed by atoms with E-state index in [9.17, 15) is 9.18 Å². The molecule has 0 fully saturated rings. The summed E-state index contributed by atoms with van der Waals surface area (Å²) in [5.41, 5.74) is 0.867. The summed E-state index contributed by atoms with van der Waals surface area (Å²) in [5, 5.41) is 4.12. The van der Waals surface area contributed by atoms with Gasteiger partial charge in [0.15, 0.2) is 5.82 Å². The van der Waals surface area contributed by atoms with Crippen molar-refractivity contribution in [1.29, 1.82) is 0 Å². The molecule has 3 rings (SSSR count). The number of aromatic nitrogens is 3. The predicted molar refractivity (Wildman–Crippen MR) is 89.0 cm³/mol. The average molecular weight is 341 g/mol. The standard InChI is InChI=1S/C18H16FN3O3/c1-24-10-11-25-18-20-16(14-8-5-9-15(19)12-14)22(21-18)17(23)13-6-3-2-4-7-13/h2-9,12H,10-11H2,1H3. The summed E-state index contributed by atoms with van der Waals surface area (Å²) in [7, 11) is 1.55. The molecule has 25 heavy (non-hydrogen) atoms. The van der Waals surface area contributed by atoms with E-state index >= 15 is 0 Å². The Hall–Kier alpha value is -3.06. The smallest absolute Gasteiger partial charge is 0.336 e. The van der Waals surface area contributed by atoms with Gasteiger partial charge in [-0.15, -0.1) is 5.10 Å². The van der Waals surface area contributed by atoms with Crippen molar-refractivity contribution in [3.63, 3.8) is 0 Å². The number of nitrogens with zero attached hydrogens (tertiary/aromatic N) is 3. The quantitative estimate of drug-likeness (QED) is 0.645. The molecule has 0 aliphatic heterocycles. The Balaban J connectivity index is 2.01. The van der Waals surface area contributed by atoms with E-state index in [0.717, 1.165) is 4.68 Å². The number of methoxy groups -OCH3 is 1. The van der Waals surface area contributed by atoms with E-state index in [2.05, 4.69) is 10.1 Å². The number of benzene rings is 2. The van der Waals surface area contributed by atoms with Crippen LogP contribution in [0.1, 0.15) is 10.4 Å². The molecular formula is C18H16FN3O3. The van der Waals surface area contributed by atoms with Gasteiger partial charge in [0.25, 0.3) is 5.91 Å². The third-order valence-electron chi connectivity index (χ3n) is 3.40. The molecule has 0 amide bonds. The highest BCUT2D eigenvalue weighted by molar-refractivity contribution is 5.97. The van der Waals surface area contributed by atoms with Gasteiger partial charge in [0.2, 0.25) is 0 Å². The fourth-order valence-electron chi connectivity index (χ4n) is 2.23. The summed E-state index contributed by atoms with van der Waals surface area (Å²) in [4.78, 5) is 17.0. The number of halogens is 1. The lowest BCUT2D eigenvalue weighted by Gasteiger charge is -2.04. The number of carbonyl (C=O) groups is 1. The van der Waals surface area contributed by atoms with Crippen LogP contribution >= 0.6 is 0 Å². The molecule has 6 nitrogen and oxygen atoms in total. The molecule has 0 saturated carbocycles. The van der Waals surface area contributed by atoms with Crippen LogP contribution in [-0.2, 0) is 4.74 Å². The van der Waals surface area contributed by atoms with Crippen LogP contribution < -0.4 is 4.74 Å². The van der Waals surface area contributed by atoms with Crippen molar-refractivity contribution in [3.05, 3.63) is 66.0 Å². The van der Waals surface area contributed by atoms with Gasteiger partial charge in [-0.25, -0.2) is 4.39 Å². The van der Waals surface area contributed by atoms with Gasteiger partial charge in [-0.1, -0.05) is 30.3 Å². The predicted octanol–water partition coefficient (Wildman–Crippen LogP) is 2.80. The third kappa shape index (κ3) is 3.89. The lowest BCUT2D eigenvalue weighted by molar-refractivity contribution is 0.0943. The molecular weight excluding hydrogens is 325 g/mol. The highest BCUT2D eigenvalue weighted by Gasteiger charge is 2.20. The molecule has 0 saturated heterocycles. The van der Waals surface area contributed by atoms with Crippen LogP contribution in [0, 0.1) is 5.82 Å². The van der Waals surface area contributed by atoms with Gasteiger partial charge in [0, 0.05) is 18.2 Å². The Labute approximate surface area is 143 Å². The number of rotatable bonds is 6. The van der Waals surface area contributed by atoms with Crippen LogP contribution in [0.5, 0.6) is 6.01 Å². The molecule has 3 aromatic rings. The van der Waals surface area contributed by atoms with Gasteiger partial charge in [-0.3, -0.25) is 4.79 Å². The fourth-order valence-corrected chi connectivity index (χ4v) is 2.23. The summed E-state index contributed by atoms with van der Waals surface area (Å²) in [6.07, 6.45) is 0. The Kier molecular flexibility index (Phi) is 5.15. The highest BCUT2D eigenvalue weighted by Crippen LogP contribution is 2.22. The summed E-state index contributed by atoms with van der Waals surface area (Å²) < 4.78 is 25.0. The Morgan fingerprint density at radius 2 is 1.92 bits per heavy atom.